The summed E-state index contributed by atoms with van der Waals surface area (Å²) in [7, 11) is 1.74. The molecule has 0 saturated heterocycles. The number of nitrogens with zero attached hydrogens (tertiary/aromatic N) is 2. The molecule has 1 heterocycles. The Morgan fingerprint density at radius 2 is 2.20 bits per heavy atom. The minimum absolute atomic E-state index is 0.00866. The molecule has 0 aliphatic rings. The fourth-order valence-electron chi connectivity index (χ4n) is 1.41. The number of thioether (sulfide) groups is 1. The number of aromatic nitrogens is 2. The smallest absolute Gasteiger partial charge is 0.261 e. The minimum atomic E-state index is -0.00866. The van der Waals surface area contributed by atoms with E-state index in [1.165, 1.54) is 11.8 Å². The second-order valence-corrected chi connectivity index (χ2v) is 4.81. The third-order valence-corrected chi connectivity index (χ3v) is 3.40. The van der Waals surface area contributed by atoms with E-state index in [4.69, 9.17) is 0 Å². The molecule has 0 amide bonds. The molecule has 5 heteroatoms. The van der Waals surface area contributed by atoms with E-state index in [1.807, 2.05) is 18.4 Å². The van der Waals surface area contributed by atoms with Crippen LogP contribution in [0.2, 0.25) is 0 Å². The number of halogens is 1. The van der Waals surface area contributed by atoms with Crippen LogP contribution >= 0.6 is 27.7 Å². The van der Waals surface area contributed by atoms with Crippen LogP contribution in [0, 0.1) is 0 Å². The van der Waals surface area contributed by atoms with Gasteiger partial charge in [0.25, 0.3) is 5.56 Å². The third-order valence-electron chi connectivity index (χ3n) is 2.18. The topological polar surface area (TPSA) is 34.9 Å². The number of rotatable bonds is 1. The molecule has 3 nitrogen and oxygen atoms in total. The zero-order chi connectivity index (χ0) is 11.0. The summed E-state index contributed by atoms with van der Waals surface area (Å²) in [5, 5.41) is 1.37. The van der Waals surface area contributed by atoms with Gasteiger partial charge in [0.15, 0.2) is 5.16 Å². The Bertz CT molecular complexity index is 579. The van der Waals surface area contributed by atoms with E-state index in [-0.39, 0.29) is 5.56 Å². The highest BCUT2D eigenvalue weighted by atomic mass is 79.9. The van der Waals surface area contributed by atoms with Gasteiger partial charge in [-0.3, -0.25) is 9.36 Å². The minimum Gasteiger partial charge on any atom is -0.290 e. The Labute approximate surface area is 99.6 Å². The maximum atomic E-state index is 11.9. The number of hydrogen-bond donors (Lipinski definition) is 0. The second kappa shape index (κ2) is 3.98. The molecular formula is C10H9BrN2OS. The fraction of sp³-hybridized carbons (Fsp3) is 0.200. The van der Waals surface area contributed by atoms with Crippen LogP contribution in [0.25, 0.3) is 10.9 Å². The summed E-state index contributed by atoms with van der Waals surface area (Å²) in [6.45, 7) is 0. The van der Waals surface area contributed by atoms with Crippen LogP contribution in [0.4, 0.5) is 0 Å². The van der Waals surface area contributed by atoms with Crippen LogP contribution < -0.4 is 5.56 Å². The van der Waals surface area contributed by atoms with Crippen molar-refractivity contribution in [2.75, 3.05) is 6.26 Å². The van der Waals surface area contributed by atoms with Crippen molar-refractivity contribution < 1.29 is 0 Å². The second-order valence-electron chi connectivity index (χ2n) is 3.12. The average Bonchev–Trinajstić information content (AvgIpc) is 2.24. The molecule has 0 bridgehead atoms. The van der Waals surface area contributed by atoms with Gasteiger partial charge < -0.3 is 0 Å². The Morgan fingerprint density at radius 1 is 1.47 bits per heavy atom. The summed E-state index contributed by atoms with van der Waals surface area (Å²) in [5.41, 5.74) is 0.733. The molecule has 0 N–H and O–H groups in total. The lowest BCUT2D eigenvalue weighted by Crippen LogP contribution is -2.19. The molecule has 1 aromatic carbocycles. The van der Waals surface area contributed by atoms with Gasteiger partial charge in [-0.1, -0.05) is 27.7 Å². The van der Waals surface area contributed by atoms with E-state index >= 15 is 0 Å². The first-order chi connectivity index (χ1) is 7.13. The molecule has 0 radical (unpaired) electrons. The van der Waals surface area contributed by atoms with Crippen molar-refractivity contribution in [2.24, 2.45) is 7.05 Å². The molecule has 0 aliphatic heterocycles. The molecule has 0 aliphatic carbocycles. The summed E-state index contributed by atoms with van der Waals surface area (Å²) in [5.74, 6) is 0. The van der Waals surface area contributed by atoms with Crippen molar-refractivity contribution >= 4 is 38.6 Å². The van der Waals surface area contributed by atoms with Gasteiger partial charge in [-0.05, 0) is 24.5 Å². The highest BCUT2D eigenvalue weighted by Gasteiger charge is 2.07. The summed E-state index contributed by atoms with van der Waals surface area (Å²) >= 11 is 4.81. The van der Waals surface area contributed by atoms with Crippen LogP contribution in [0.1, 0.15) is 0 Å². The lowest BCUT2D eigenvalue weighted by Gasteiger charge is -2.06. The maximum Gasteiger partial charge on any atom is 0.261 e. The van der Waals surface area contributed by atoms with Crippen LogP contribution in [0.15, 0.2) is 32.6 Å². The number of hydrogen-bond acceptors (Lipinski definition) is 3. The molecule has 2 rings (SSSR count). The molecule has 1 aromatic heterocycles. The van der Waals surface area contributed by atoms with Crippen molar-refractivity contribution in [2.45, 2.75) is 5.16 Å². The zero-order valence-electron chi connectivity index (χ0n) is 8.32. The molecule has 0 unspecified atom stereocenters. The van der Waals surface area contributed by atoms with Gasteiger partial charge >= 0.3 is 0 Å². The highest BCUT2D eigenvalue weighted by Crippen LogP contribution is 2.18. The Hall–Kier alpha value is -0.810. The van der Waals surface area contributed by atoms with Crippen LogP contribution in [0.3, 0.4) is 0 Å². The maximum absolute atomic E-state index is 11.9. The first-order valence-electron chi connectivity index (χ1n) is 4.34. The van der Waals surface area contributed by atoms with Gasteiger partial charge in [0.2, 0.25) is 0 Å². The molecule has 2 aromatic rings. The van der Waals surface area contributed by atoms with Gasteiger partial charge in [0, 0.05) is 11.5 Å². The predicted octanol–water partition coefficient (Wildman–Crippen LogP) is 2.42. The van der Waals surface area contributed by atoms with Gasteiger partial charge in [0.05, 0.1) is 10.9 Å². The van der Waals surface area contributed by atoms with Crippen molar-refractivity contribution in [3.05, 3.63) is 33.0 Å². The molecule has 15 heavy (non-hydrogen) atoms. The number of benzene rings is 1. The Kier molecular flexibility index (Phi) is 2.84. The molecular weight excluding hydrogens is 276 g/mol. The van der Waals surface area contributed by atoms with Crippen molar-refractivity contribution in [1.82, 2.24) is 9.55 Å². The standard InChI is InChI=1S/C10H9BrN2OS/c1-13-9(14)7-5-6(11)3-4-8(7)12-10(13)15-2/h3-5H,1-2H3. The summed E-state index contributed by atoms with van der Waals surface area (Å²) < 4.78 is 2.46. The van der Waals surface area contributed by atoms with Crippen LogP contribution in [-0.4, -0.2) is 15.8 Å². The monoisotopic (exact) mass is 284 g/mol. The third kappa shape index (κ3) is 1.81. The van der Waals surface area contributed by atoms with E-state index in [9.17, 15) is 4.79 Å². The predicted molar refractivity (Wildman–Crippen MR) is 66.5 cm³/mol. The lowest BCUT2D eigenvalue weighted by molar-refractivity contribution is 0.727. The van der Waals surface area contributed by atoms with Gasteiger partial charge in [0.1, 0.15) is 0 Å². The molecule has 0 fully saturated rings. The molecule has 0 atom stereocenters. The van der Waals surface area contributed by atoms with E-state index in [1.54, 1.807) is 17.7 Å². The van der Waals surface area contributed by atoms with E-state index in [0.717, 1.165) is 15.1 Å². The molecule has 0 saturated carbocycles. The fourth-order valence-corrected chi connectivity index (χ4v) is 2.31. The first-order valence-corrected chi connectivity index (χ1v) is 6.35. The van der Waals surface area contributed by atoms with Gasteiger partial charge in [-0.15, -0.1) is 0 Å². The Balaban J connectivity index is 2.91. The van der Waals surface area contributed by atoms with Crippen molar-refractivity contribution in [3.63, 3.8) is 0 Å². The number of fused-ring (bicyclic) bond motifs is 1. The van der Waals surface area contributed by atoms with Crippen molar-refractivity contribution in [1.29, 1.82) is 0 Å². The van der Waals surface area contributed by atoms with Crippen LogP contribution in [-0.2, 0) is 7.05 Å². The SMILES string of the molecule is CSc1nc2ccc(Br)cc2c(=O)n1C. The van der Waals surface area contributed by atoms with E-state index < -0.39 is 0 Å². The summed E-state index contributed by atoms with van der Waals surface area (Å²) in [6.07, 6.45) is 1.91. The Morgan fingerprint density at radius 3 is 2.87 bits per heavy atom. The van der Waals surface area contributed by atoms with E-state index in [0.29, 0.717) is 5.39 Å². The quantitative estimate of drug-likeness (QED) is 0.596. The molecule has 78 valence electrons. The molecule has 0 spiro atoms. The van der Waals surface area contributed by atoms with E-state index in [2.05, 4.69) is 20.9 Å². The van der Waals surface area contributed by atoms with Gasteiger partial charge in [-0.2, -0.15) is 0 Å². The lowest BCUT2D eigenvalue weighted by atomic mass is 10.2. The first kappa shape index (κ1) is 10.7. The average molecular weight is 285 g/mol. The van der Waals surface area contributed by atoms with Gasteiger partial charge in [-0.25, -0.2) is 4.98 Å². The largest absolute Gasteiger partial charge is 0.290 e. The summed E-state index contributed by atoms with van der Waals surface area (Å²) in [6, 6.07) is 5.54. The normalized spacial score (nSPS) is 10.9. The van der Waals surface area contributed by atoms with Crippen molar-refractivity contribution in [3.8, 4) is 0 Å². The van der Waals surface area contributed by atoms with Crippen LogP contribution in [0.5, 0.6) is 0 Å². The summed E-state index contributed by atoms with van der Waals surface area (Å²) in [4.78, 5) is 16.3. The highest BCUT2D eigenvalue weighted by molar-refractivity contribution is 9.10. The zero-order valence-corrected chi connectivity index (χ0v) is 10.7.